The van der Waals surface area contributed by atoms with Crippen molar-refractivity contribution in [1.29, 1.82) is 0 Å². The van der Waals surface area contributed by atoms with Crippen LogP contribution < -0.4 is 11.3 Å². The summed E-state index contributed by atoms with van der Waals surface area (Å²) in [6.07, 6.45) is 0. The molecule has 0 aromatic heterocycles. The van der Waals surface area contributed by atoms with Crippen LogP contribution in [0.25, 0.3) is 0 Å². The number of nitrogens with one attached hydrogen (secondary N) is 1. The third-order valence-corrected chi connectivity index (χ3v) is 3.83. The summed E-state index contributed by atoms with van der Waals surface area (Å²) in [5.41, 5.74) is 4.43. The summed E-state index contributed by atoms with van der Waals surface area (Å²) in [7, 11) is 0. The van der Waals surface area contributed by atoms with Gasteiger partial charge >= 0.3 is 0 Å². The minimum Gasteiger partial charge on any atom is -0.271 e. The minimum atomic E-state index is -0.279. The molecular weight excluding hydrogens is 363 g/mol. The van der Waals surface area contributed by atoms with E-state index in [1.165, 1.54) is 12.1 Å². The Kier molecular flexibility index (Phi) is 4.50. The molecule has 0 bridgehead atoms. The Morgan fingerprint density at radius 3 is 2.56 bits per heavy atom. The van der Waals surface area contributed by atoms with Gasteiger partial charge in [-0.1, -0.05) is 44.0 Å². The highest BCUT2D eigenvalue weighted by Crippen LogP contribution is 2.30. The molecule has 1 unspecified atom stereocenters. The molecule has 0 aliphatic heterocycles. The fourth-order valence-electron chi connectivity index (χ4n) is 1.79. The van der Waals surface area contributed by atoms with Gasteiger partial charge in [0.25, 0.3) is 0 Å². The predicted octanol–water partition coefficient (Wildman–Crippen LogP) is 3.90. The molecule has 0 saturated heterocycles. The summed E-state index contributed by atoms with van der Waals surface area (Å²) in [4.78, 5) is 0. The molecule has 2 rings (SSSR count). The van der Waals surface area contributed by atoms with Crippen molar-refractivity contribution in [3.63, 3.8) is 0 Å². The normalized spacial score (nSPS) is 12.4. The number of nitrogens with two attached hydrogens (primary N) is 1. The SMILES string of the molecule is NNC(c1cccc(F)c1)c1cc(Br)ccc1Br. The van der Waals surface area contributed by atoms with Gasteiger partial charge in [0, 0.05) is 8.95 Å². The number of halogens is 3. The van der Waals surface area contributed by atoms with Crippen molar-refractivity contribution in [2.24, 2.45) is 5.84 Å². The van der Waals surface area contributed by atoms with Gasteiger partial charge in [-0.05, 0) is 41.5 Å². The number of rotatable bonds is 3. The highest BCUT2D eigenvalue weighted by atomic mass is 79.9. The van der Waals surface area contributed by atoms with E-state index in [0.29, 0.717) is 0 Å². The molecule has 3 N–H and O–H groups in total. The molecule has 0 fully saturated rings. The Morgan fingerprint density at radius 2 is 1.89 bits per heavy atom. The van der Waals surface area contributed by atoms with E-state index in [1.54, 1.807) is 6.07 Å². The molecule has 2 nitrogen and oxygen atoms in total. The molecule has 0 saturated carbocycles. The number of hydrogen-bond acceptors (Lipinski definition) is 2. The maximum absolute atomic E-state index is 13.3. The summed E-state index contributed by atoms with van der Waals surface area (Å²) >= 11 is 6.89. The lowest BCUT2D eigenvalue weighted by Gasteiger charge is -2.18. The molecule has 0 amide bonds. The van der Waals surface area contributed by atoms with Crippen LogP contribution in [0.4, 0.5) is 4.39 Å². The molecule has 18 heavy (non-hydrogen) atoms. The first-order chi connectivity index (χ1) is 8.61. The van der Waals surface area contributed by atoms with Crippen LogP contribution in [0.15, 0.2) is 51.4 Å². The van der Waals surface area contributed by atoms with Crippen LogP contribution in [0.3, 0.4) is 0 Å². The van der Waals surface area contributed by atoms with Crippen LogP contribution >= 0.6 is 31.9 Å². The quantitative estimate of drug-likeness (QED) is 0.632. The maximum Gasteiger partial charge on any atom is 0.123 e. The summed E-state index contributed by atoms with van der Waals surface area (Å²) < 4.78 is 15.1. The zero-order chi connectivity index (χ0) is 13.1. The van der Waals surface area contributed by atoms with Crippen molar-refractivity contribution in [2.75, 3.05) is 0 Å². The largest absolute Gasteiger partial charge is 0.271 e. The zero-order valence-electron chi connectivity index (χ0n) is 9.33. The third-order valence-electron chi connectivity index (χ3n) is 2.62. The lowest BCUT2D eigenvalue weighted by atomic mass is 9.99. The smallest absolute Gasteiger partial charge is 0.123 e. The molecule has 5 heteroatoms. The Balaban J connectivity index is 2.48. The van der Waals surface area contributed by atoms with E-state index in [1.807, 2.05) is 24.3 Å². The Bertz CT molecular complexity index is 560. The lowest BCUT2D eigenvalue weighted by molar-refractivity contribution is 0.604. The second-order valence-electron chi connectivity index (χ2n) is 3.82. The fraction of sp³-hybridized carbons (Fsp3) is 0.0769. The fourth-order valence-corrected chi connectivity index (χ4v) is 2.64. The van der Waals surface area contributed by atoms with Crippen LogP contribution in [0.2, 0.25) is 0 Å². The van der Waals surface area contributed by atoms with Gasteiger partial charge in [-0.25, -0.2) is 9.82 Å². The van der Waals surface area contributed by atoms with Crippen molar-refractivity contribution in [3.05, 3.63) is 68.4 Å². The van der Waals surface area contributed by atoms with Crippen molar-refractivity contribution >= 4 is 31.9 Å². The zero-order valence-corrected chi connectivity index (χ0v) is 12.5. The van der Waals surface area contributed by atoms with E-state index in [2.05, 4.69) is 37.3 Å². The first-order valence-corrected chi connectivity index (χ1v) is 6.87. The highest BCUT2D eigenvalue weighted by molar-refractivity contribution is 9.11. The van der Waals surface area contributed by atoms with Crippen LogP contribution in [0.1, 0.15) is 17.2 Å². The Labute approximate surface area is 122 Å². The van der Waals surface area contributed by atoms with Gasteiger partial charge in [-0.3, -0.25) is 5.84 Å². The van der Waals surface area contributed by atoms with E-state index in [0.717, 1.165) is 20.1 Å². The minimum absolute atomic E-state index is 0.271. The molecule has 1 atom stereocenters. The van der Waals surface area contributed by atoms with E-state index in [9.17, 15) is 4.39 Å². The number of hydrogen-bond donors (Lipinski definition) is 2. The summed E-state index contributed by atoms with van der Waals surface area (Å²) in [6.45, 7) is 0. The third kappa shape index (κ3) is 2.98. The number of benzene rings is 2. The highest BCUT2D eigenvalue weighted by Gasteiger charge is 2.16. The maximum atomic E-state index is 13.3. The molecule has 2 aromatic carbocycles. The van der Waals surface area contributed by atoms with Crippen LogP contribution in [-0.4, -0.2) is 0 Å². The second-order valence-corrected chi connectivity index (χ2v) is 5.59. The van der Waals surface area contributed by atoms with Crippen molar-refractivity contribution in [2.45, 2.75) is 6.04 Å². The van der Waals surface area contributed by atoms with E-state index in [4.69, 9.17) is 5.84 Å². The van der Waals surface area contributed by atoms with E-state index < -0.39 is 0 Å². The van der Waals surface area contributed by atoms with Crippen molar-refractivity contribution < 1.29 is 4.39 Å². The van der Waals surface area contributed by atoms with Crippen LogP contribution in [0, 0.1) is 5.82 Å². The standard InChI is InChI=1S/C13H11Br2FN2/c14-9-4-5-12(15)11(7-9)13(18-17)8-2-1-3-10(16)6-8/h1-7,13,18H,17H2. The predicted molar refractivity (Wildman–Crippen MR) is 77.4 cm³/mol. The van der Waals surface area contributed by atoms with Gasteiger partial charge in [0.2, 0.25) is 0 Å². The van der Waals surface area contributed by atoms with Gasteiger partial charge in [0.15, 0.2) is 0 Å². The van der Waals surface area contributed by atoms with Crippen LogP contribution in [-0.2, 0) is 0 Å². The van der Waals surface area contributed by atoms with Crippen LogP contribution in [0.5, 0.6) is 0 Å². The molecule has 2 aromatic rings. The molecule has 0 heterocycles. The van der Waals surface area contributed by atoms with Gasteiger partial charge < -0.3 is 0 Å². The van der Waals surface area contributed by atoms with Gasteiger partial charge in [-0.15, -0.1) is 0 Å². The molecular formula is C13H11Br2FN2. The molecule has 94 valence electrons. The van der Waals surface area contributed by atoms with E-state index >= 15 is 0 Å². The van der Waals surface area contributed by atoms with Crippen molar-refractivity contribution in [1.82, 2.24) is 5.43 Å². The lowest BCUT2D eigenvalue weighted by Crippen LogP contribution is -2.29. The number of hydrazine groups is 1. The van der Waals surface area contributed by atoms with Gasteiger partial charge in [0.1, 0.15) is 5.82 Å². The monoisotopic (exact) mass is 372 g/mol. The second kappa shape index (κ2) is 5.93. The topological polar surface area (TPSA) is 38.0 Å². The first kappa shape index (κ1) is 13.7. The Morgan fingerprint density at radius 1 is 1.11 bits per heavy atom. The van der Waals surface area contributed by atoms with Crippen molar-refractivity contribution in [3.8, 4) is 0 Å². The Hall–Kier alpha value is -0.750. The first-order valence-electron chi connectivity index (χ1n) is 5.28. The average Bonchev–Trinajstić information content (AvgIpc) is 2.35. The molecule has 0 spiro atoms. The molecule has 0 aliphatic rings. The van der Waals surface area contributed by atoms with Gasteiger partial charge in [-0.2, -0.15) is 0 Å². The summed E-state index contributed by atoms with van der Waals surface area (Å²) in [5, 5.41) is 0. The molecule has 0 radical (unpaired) electrons. The summed E-state index contributed by atoms with van der Waals surface area (Å²) in [6, 6.07) is 11.9. The van der Waals surface area contributed by atoms with Gasteiger partial charge in [0.05, 0.1) is 6.04 Å². The molecule has 0 aliphatic carbocycles. The summed E-state index contributed by atoms with van der Waals surface area (Å²) in [5.74, 6) is 5.32. The van der Waals surface area contributed by atoms with E-state index in [-0.39, 0.29) is 11.9 Å². The average molecular weight is 374 g/mol.